The molecule has 6 nitrogen and oxygen atoms in total. The summed E-state index contributed by atoms with van der Waals surface area (Å²) in [7, 11) is 0. The lowest BCUT2D eigenvalue weighted by Gasteiger charge is -2.24. The van der Waals surface area contributed by atoms with Crippen molar-refractivity contribution in [3.05, 3.63) is 96.1 Å². The lowest BCUT2D eigenvalue weighted by atomic mass is 10.1. The predicted molar refractivity (Wildman–Crippen MR) is 128 cm³/mol. The largest absolute Gasteiger partial charge is 0.287 e. The molecular formula is C23H17Cl2N3O3S. The summed E-state index contributed by atoms with van der Waals surface area (Å²) in [5, 5.41) is 5.99. The molecule has 2 aromatic carbocycles. The van der Waals surface area contributed by atoms with E-state index in [2.05, 4.69) is 5.10 Å². The minimum absolute atomic E-state index is 0.117. The number of hydrogen-bond acceptors (Lipinski definition) is 5. The van der Waals surface area contributed by atoms with Crippen LogP contribution in [0.25, 0.3) is 10.2 Å². The number of carbonyl (C=O) groups is 2. The van der Waals surface area contributed by atoms with E-state index < -0.39 is 11.8 Å². The summed E-state index contributed by atoms with van der Waals surface area (Å²) in [5.41, 5.74) is 0.928. The second kappa shape index (κ2) is 8.50. The summed E-state index contributed by atoms with van der Waals surface area (Å²) in [6.07, 6.45) is 0. The van der Waals surface area contributed by atoms with E-state index in [1.165, 1.54) is 28.3 Å². The van der Waals surface area contributed by atoms with Gasteiger partial charge in [-0.2, -0.15) is 14.9 Å². The number of hydrogen-bond donors (Lipinski definition) is 0. The minimum atomic E-state index is -0.693. The molecule has 4 aromatic rings. The second-order valence-corrected chi connectivity index (χ2v) is 9.17. The zero-order valence-corrected chi connectivity index (χ0v) is 19.7. The van der Waals surface area contributed by atoms with Crippen LogP contribution in [0.2, 0.25) is 10.0 Å². The Morgan fingerprint density at radius 2 is 1.41 bits per heavy atom. The van der Waals surface area contributed by atoms with Crippen LogP contribution in [0.15, 0.2) is 53.3 Å². The molecule has 0 saturated heterocycles. The molecule has 2 aromatic heterocycles. The van der Waals surface area contributed by atoms with Crippen molar-refractivity contribution >= 4 is 56.6 Å². The first kappa shape index (κ1) is 22.2. The average Bonchev–Trinajstić information content (AvgIpc) is 3.07. The number of thiophene rings is 1. The Balaban J connectivity index is 2.04. The molecule has 2 heterocycles. The van der Waals surface area contributed by atoms with E-state index in [9.17, 15) is 14.4 Å². The monoisotopic (exact) mass is 485 g/mol. The fraction of sp³-hybridized carbons (Fsp3) is 0.130. The predicted octanol–water partition coefficient (Wildman–Crippen LogP) is 5.31. The van der Waals surface area contributed by atoms with E-state index in [4.69, 9.17) is 23.2 Å². The van der Waals surface area contributed by atoms with E-state index in [1.54, 1.807) is 43.3 Å². The highest BCUT2D eigenvalue weighted by Gasteiger charge is 2.32. The van der Waals surface area contributed by atoms with Crippen LogP contribution < -0.4 is 10.4 Å². The van der Waals surface area contributed by atoms with Crippen LogP contribution in [0.5, 0.6) is 0 Å². The molecule has 2 amide bonds. The van der Waals surface area contributed by atoms with E-state index in [0.717, 1.165) is 15.4 Å². The highest BCUT2D eigenvalue weighted by Crippen LogP contribution is 2.29. The van der Waals surface area contributed by atoms with Gasteiger partial charge in [-0.3, -0.25) is 14.4 Å². The van der Waals surface area contributed by atoms with Crippen LogP contribution in [0, 0.1) is 20.8 Å². The summed E-state index contributed by atoms with van der Waals surface area (Å²) in [6, 6.07) is 12.8. The second-order valence-electron chi connectivity index (χ2n) is 7.15. The molecule has 0 bridgehead atoms. The van der Waals surface area contributed by atoms with Crippen molar-refractivity contribution in [2.75, 3.05) is 5.01 Å². The highest BCUT2D eigenvalue weighted by atomic mass is 35.5. The molecular weight excluding hydrogens is 469 g/mol. The number of aromatic nitrogens is 2. The molecule has 32 heavy (non-hydrogen) atoms. The fourth-order valence-corrected chi connectivity index (χ4v) is 4.86. The maximum atomic E-state index is 13.7. The van der Waals surface area contributed by atoms with Gasteiger partial charge in [0, 0.05) is 4.88 Å². The number of imide groups is 1. The zero-order valence-electron chi connectivity index (χ0n) is 17.3. The van der Waals surface area contributed by atoms with Gasteiger partial charge in [-0.25, -0.2) is 0 Å². The lowest BCUT2D eigenvalue weighted by molar-refractivity contribution is 0.0851. The summed E-state index contributed by atoms with van der Waals surface area (Å²) in [5.74, 6) is -1.39. The van der Waals surface area contributed by atoms with Gasteiger partial charge in [0.1, 0.15) is 10.5 Å². The van der Waals surface area contributed by atoms with Crippen molar-refractivity contribution in [1.29, 1.82) is 0 Å². The molecule has 162 valence electrons. The number of fused-ring (bicyclic) bond motifs is 1. The Hall–Kier alpha value is -3.00. The van der Waals surface area contributed by atoms with Crippen molar-refractivity contribution in [2.24, 2.45) is 0 Å². The first-order valence-corrected chi connectivity index (χ1v) is 11.2. The Labute approximate surface area is 197 Å². The molecule has 4 rings (SSSR count). The van der Waals surface area contributed by atoms with Crippen molar-refractivity contribution in [1.82, 2.24) is 9.89 Å². The van der Waals surface area contributed by atoms with E-state index in [-0.39, 0.29) is 32.3 Å². The van der Waals surface area contributed by atoms with Gasteiger partial charge >= 0.3 is 0 Å². The third kappa shape index (κ3) is 3.62. The molecule has 0 aliphatic rings. The Bertz CT molecular complexity index is 1400. The third-order valence-electron chi connectivity index (χ3n) is 5.13. The molecule has 9 heteroatoms. The van der Waals surface area contributed by atoms with E-state index in [0.29, 0.717) is 10.2 Å². The standard InChI is InChI=1S/C23H17Cl2N3O3S/c1-12-14(3)32-23-19(12)20(29)13(2)26-28(23)27(21(30)15-8-4-6-10-17(15)24)22(31)16-9-5-7-11-18(16)25/h4-11H,1-3H3. The normalized spacial score (nSPS) is 11.0. The summed E-state index contributed by atoms with van der Waals surface area (Å²) in [6.45, 7) is 5.24. The smallest absolute Gasteiger partial charge is 0.283 e. The molecule has 0 saturated carbocycles. The molecule has 0 aliphatic heterocycles. The molecule has 0 radical (unpaired) electrons. The number of carbonyl (C=O) groups excluding carboxylic acids is 2. The van der Waals surface area contributed by atoms with Gasteiger partial charge < -0.3 is 0 Å². The fourth-order valence-electron chi connectivity index (χ4n) is 3.33. The first-order valence-electron chi connectivity index (χ1n) is 9.60. The van der Waals surface area contributed by atoms with Gasteiger partial charge in [0.25, 0.3) is 11.8 Å². The number of benzene rings is 2. The minimum Gasteiger partial charge on any atom is -0.287 e. The Kier molecular flexibility index (Phi) is 5.90. The van der Waals surface area contributed by atoms with Crippen LogP contribution in [0.4, 0.5) is 0 Å². The maximum absolute atomic E-state index is 13.7. The number of nitrogens with zero attached hydrogens (tertiary/aromatic N) is 3. The Morgan fingerprint density at radius 1 is 0.906 bits per heavy atom. The van der Waals surface area contributed by atoms with Gasteiger partial charge in [-0.1, -0.05) is 47.5 Å². The van der Waals surface area contributed by atoms with Gasteiger partial charge in [0.05, 0.1) is 26.6 Å². The lowest BCUT2D eigenvalue weighted by Crippen LogP contribution is -2.47. The number of aryl methyl sites for hydroxylation is 3. The number of amides is 2. The van der Waals surface area contributed by atoms with Crippen LogP contribution in [0.3, 0.4) is 0 Å². The molecule has 0 unspecified atom stereocenters. The molecule has 0 fully saturated rings. The number of rotatable bonds is 3. The van der Waals surface area contributed by atoms with Crippen molar-refractivity contribution < 1.29 is 9.59 Å². The third-order valence-corrected chi connectivity index (χ3v) is 6.96. The van der Waals surface area contributed by atoms with E-state index in [1.807, 2.05) is 13.8 Å². The van der Waals surface area contributed by atoms with Gasteiger partial charge in [-0.05, 0) is 50.6 Å². The van der Waals surface area contributed by atoms with E-state index >= 15 is 0 Å². The summed E-state index contributed by atoms with van der Waals surface area (Å²) < 4.78 is 0. The average molecular weight is 486 g/mol. The van der Waals surface area contributed by atoms with Crippen LogP contribution in [-0.4, -0.2) is 21.7 Å². The van der Waals surface area contributed by atoms with Crippen LogP contribution >= 0.6 is 34.5 Å². The SMILES string of the molecule is Cc1sc2c(c1C)c(=O)c(C)nn2N(C(=O)c1ccccc1Cl)C(=O)c1ccccc1Cl. The molecule has 0 atom stereocenters. The maximum Gasteiger partial charge on any atom is 0.283 e. The molecule has 0 N–H and O–H groups in total. The first-order chi connectivity index (χ1) is 15.2. The van der Waals surface area contributed by atoms with Gasteiger partial charge in [-0.15, -0.1) is 11.3 Å². The van der Waals surface area contributed by atoms with Crippen molar-refractivity contribution in [3.8, 4) is 0 Å². The van der Waals surface area contributed by atoms with Gasteiger partial charge in [0.15, 0.2) is 0 Å². The summed E-state index contributed by atoms with van der Waals surface area (Å²) >= 11 is 13.8. The topological polar surface area (TPSA) is 72.3 Å². The van der Waals surface area contributed by atoms with Crippen molar-refractivity contribution in [2.45, 2.75) is 20.8 Å². The van der Waals surface area contributed by atoms with Crippen molar-refractivity contribution in [3.63, 3.8) is 0 Å². The highest BCUT2D eigenvalue weighted by molar-refractivity contribution is 7.18. The zero-order chi connectivity index (χ0) is 23.2. The number of halogens is 2. The molecule has 0 aliphatic carbocycles. The van der Waals surface area contributed by atoms with Crippen LogP contribution in [0.1, 0.15) is 36.9 Å². The van der Waals surface area contributed by atoms with Crippen LogP contribution in [-0.2, 0) is 0 Å². The molecule has 0 spiro atoms. The summed E-state index contributed by atoms with van der Waals surface area (Å²) in [4.78, 5) is 42.6. The quantitative estimate of drug-likeness (QED) is 0.368. The Morgan fingerprint density at radius 3 is 1.91 bits per heavy atom. The van der Waals surface area contributed by atoms with Gasteiger partial charge in [0.2, 0.25) is 5.43 Å².